The lowest BCUT2D eigenvalue weighted by Gasteiger charge is -2.33. The second-order valence-corrected chi connectivity index (χ2v) is 20.3. The number of nitrogens with one attached hydrogen (secondary N) is 1. The van der Waals surface area contributed by atoms with Gasteiger partial charge in [0.1, 0.15) is 16.9 Å². The molecular formula is C63H46B2N3+. The van der Waals surface area contributed by atoms with Gasteiger partial charge < -0.3 is 4.57 Å². The molecule has 0 fully saturated rings. The summed E-state index contributed by atoms with van der Waals surface area (Å²) in [6, 6.07) is 63.2. The number of para-hydroxylation sites is 1. The summed E-state index contributed by atoms with van der Waals surface area (Å²) in [6.07, 6.45) is 0. The summed E-state index contributed by atoms with van der Waals surface area (Å²) < 4.78 is 5.21. The third kappa shape index (κ3) is 4.98. The van der Waals surface area contributed by atoms with Crippen molar-refractivity contribution < 1.29 is 4.57 Å². The lowest BCUT2D eigenvalue weighted by Crippen LogP contribution is -2.63. The van der Waals surface area contributed by atoms with E-state index in [-0.39, 0.29) is 13.4 Å². The normalized spacial score (nSPS) is 13.2. The van der Waals surface area contributed by atoms with Gasteiger partial charge in [0.25, 0.3) is 12.5 Å². The quantitative estimate of drug-likeness (QED) is 0.136. The summed E-state index contributed by atoms with van der Waals surface area (Å²) >= 11 is 0. The summed E-state index contributed by atoms with van der Waals surface area (Å²) in [7, 11) is 0. The molecule has 5 heterocycles. The molecule has 3 aliphatic rings. The Hall–Kier alpha value is -7.88. The van der Waals surface area contributed by atoms with Gasteiger partial charge >= 0.3 is 0 Å². The van der Waals surface area contributed by atoms with E-state index in [0.29, 0.717) is 0 Å². The molecule has 2 aromatic heterocycles. The lowest BCUT2D eigenvalue weighted by molar-refractivity contribution is -0.546. The first kappa shape index (κ1) is 38.2. The fraction of sp³-hybridized carbons (Fsp3) is 0.0952. The van der Waals surface area contributed by atoms with Crippen molar-refractivity contribution >= 4 is 123 Å². The van der Waals surface area contributed by atoms with Crippen LogP contribution in [-0.2, 0) is 0 Å². The number of hydrogen-bond acceptors (Lipinski definition) is 1. The van der Waals surface area contributed by atoms with Crippen LogP contribution in [-0.4, -0.2) is 18.0 Å². The highest BCUT2D eigenvalue weighted by Crippen LogP contribution is 2.43. The van der Waals surface area contributed by atoms with E-state index >= 15 is 0 Å². The molecule has 15 rings (SSSR count). The van der Waals surface area contributed by atoms with E-state index in [2.05, 4.69) is 220 Å². The van der Waals surface area contributed by atoms with Crippen LogP contribution < -0.4 is 42.7 Å². The van der Waals surface area contributed by atoms with Crippen molar-refractivity contribution in [2.75, 3.05) is 5.32 Å². The van der Waals surface area contributed by atoms with Crippen LogP contribution in [0.25, 0.3) is 87.5 Å². The van der Waals surface area contributed by atoms with Gasteiger partial charge in [-0.25, -0.2) is 5.32 Å². The number of hydrogen-bond donors (Lipinski definition) is 1. The van der Waals surface area contributed by atoms with Crippen LogP contribution in [0.2, 0.25) is 0 Å². The highest BCUT2D eigenvalue weighted by Gasteiger charge is 2.45. The van der Waals surface area contributed by atoms with Gasteiger partial charge in [-0.2, -0.15) is 4.57 Å². The van der Waals surface area contributed by atoms with Crippen LogP contribution in [0.4, 0.5) is 11.5 Å². The summed E-state index contributed by atoms with van der Waals surface area (Å²) in [6.45, 7) is 13.8. The third-order valence-electron chi connectivity index (χ3n) is 16.1. The van der Waals surface area contributed by atoms with Crippen LogP contribution in [0.15, 0.2) is 164 Å². The van der Waals surface area contributed by atoms with Crippen molar-refractivity contribution in [3.05, 3.63) is 197 Å². The van der Waals surface area contributed by atoms with Crippen molar-refractivity contribution in [2.45, 2.75) is 41.5 Å². The highest BCUT2D eigenvalue weighted by molar-refractivity contribution is 7.01. The number of aryl methyl sites for hydroxylation is 6. The minimum absolute atomic E-state index is 0.00262. The average molecular weight is 867 g/mol. The number of aromatic nitrogens is 2. The van der Waals surface area contributed by atoms with Gasteiger partial charge in [0.15, 0.2) is 0 Å². The molecule has 5 heteroatoms. The highest BCUT2D eigenvalue weighted by atomic mass is 15.1. The van der Waals surface area contributed by atoms with E-state index in [9.17, 15) is 0 Å². The number of rotatable bonds is 2. The first-order valence-electron chi connectivity index (χ1n) is 24.2. The lowest BCUT2D eigenvalue weighted by atomic mass is 9.31. The van der Waals surface area contributed by atoms with Crippen molar-refractivity contribution in [3.63, 3.8) is 0 Å². The predicted molar refractivity (Wildman–Crippen MR) is 292 cm³/mol. The van der Waals surface area contributed by atoms with E-state index in [0.717, 1.165) is 11.5 Å². The Labute approximate surface area is 396 Å². The zero-order valence-corrected chi connectivity index (χ0v) is 39.1. The van der Waals surface area contributed by atoms with Crippen LogP contribution in [0.1, 0.15) is 33.4 Å². The Morgan fingerprint density at radius 3 is 1.71 bits per heavy atom. The number of fused-ring (bicyclic) bond motifs is 15. The molecule has 0 unspecified atom stereocenters. The Bertz CT molecular complexity index is 4280. The van der Waals surface area contributed by atoms with E-state index < -0.39 is 0 Å². The van der Waals surface area contributed by atoms with Crippen LogP contribution >= 0.6 is 0 Å². The molecule has 1 N–H and O–H groups in total. The van der Waals surface area contributed by atoms with Crippen LogP contribution in [0.3, 0.4) is 0 Å². The zero-order valence-electron chi connectivity index (χ0n) is 39.1. The number of anilines is 2. The summed E-state index contributed by atoms with van der Waals surface area (Å²) in [5, 5.41) is 15.8. The molecular weight excluding hydrogens is 820 g/mol. The largest absolute Gasteiger partial charge is 0.310 e. The molecule has 3 nitrogen and oxygen atoms in total. The topological polar surface area (TPSA) is 20.8 Å². The minimum atomic E-state index is -0.0299. The Morgan fingerprint density at radius 2 is 1.01 bits per heavy atom. The third-order valence-corrected chi connectivity index (χ3v) is 16.1. The number of nitrogens with zero attached hydrogens (tertiary/aromatic N) is 2. The van der Waals surface area contributed by atoms with Gasteiger partial charge in [0, 0.05) is 44.5 Å². The molecule has 3 aliphatic heterocycles. The molecule has 10 aromatic carbocycles. The molecule has 318 valence electrons. The maximum absolute atomic E-state index is 4.26. The molecule has 0 atom stereocenters. The van der Waals surface area contributed by atoms with Gasteiger partial charge in [-0.1, -0.05) is 166 Å². The molecule has 12 aromatic rings. The SMILES string of the molecule is Cc1cc(C)c(B2c3cc4c(cc3Nc3c2cc2cccc5c2[n+]3-c2cc3ccccc3cc2-5)-n2c3cc5ccccc5cc3c3c5ccccc5cc(c32)B4c2c(C)cc(C)cc2C)c(C)c1. The average Bonchev–Trinajstić information content (AvgIpc) is 3.83. The van der Waals surface area contributed by atoms with Gasteiger partial charge in [-0.3, -0.25) is 0 Å². The number of pyridine rings is 1. The first-order chi connectivity index (χ1) is 33.2. The molecule has 0 amide bonds. The van der Waals surface area contributed by atoms with Crippen LogP contribution in [0, 0.1) is 41.5 Å². The molecule has 68 heavy (non-hydrogen) atoms. The molecule has 0 aliphatic carbocycles. The van der Waals surface area contributed by atoms with Crippen LogP contribution in [0.5, 0.6) is 0 Å². The monoisotopic (exact) mass is 866 g/mol. The smallest absolute Gasteiger partial charge is 0.280 e. The van der Waals surface area contributed by atoms with E-state index in [1.807, 2.05) is 0 Å². The second-order valence-electron chi connectivity index (χ2n) is 20.3. The molecule has 0 radical (unpaired) electrons. The van der Waals surface area contributed by atoms with Gasteiger partial charge in [-0.05, 0) is 127 Å². The number of benzene rings is 10. The summed E-state index contributed by atoms with van der Waals surface area (Å²) in [4.78, 5) is 0. The van der Waals surface area contributed by atoms with Gasteiger partial charge in [0.05, 0.1) is 11.0 Å². The van der Waals surface area contributed by atoms with Gasteiger partial charge in [-0.15, -0.1) is 0 Å². The van der Waals surface area contributed by atoms with E-state index in [1.165, 1.54) is 154 Å². The fourth-order valence-corrected chi connectivity index (χ4v) is 13.7. The second kappa shape index (κ2) is 13.4. The molecule has 0 spiro atoms. The van der Waals surface area contributed by atoms with Gasteiger partial charge in [0.2, 0.25) is 6.71 Å². The Balaban J connectivity index is 1.11. The summed E-state index contributed by atoms with van der Waals surface area (Å²) in [5.74, 6) is 1.15. The standard InChI is InChI=1S/C63H45B2N3/c1-34-22-36(3)59(37(4)23-34)64-50-32-51-57(33-54(50)66-63-53(64)29-45-19-13-21-47-48-26-40-14-7-9-16-42(40)30-55(48)68(63)61(45)47)67-56-31-43-17-10-8-15-41(43)27-49(56)58-46-20-12-11-18-44(46)28-52(62(58)67)65(51)60-38(5)24-35(2)25-39(60)6/h7-33H,1-6H3/p+1. The maximum atomic E-state index is 4.26. The maximum Gasteiger partial charge on any atom is 0.280 e. The van der Waals surface area contributed by atoms with Crippen molar-refractivity contribution in [2.24, 2.45) is 0 Å². The molecule has 0 saturated heterocycles. The van der Waals surface area contributed by atoms with E-state index in [1.54, 1.807) is 0 Å². The minimum Gasteiger partial charge on any atom is -0.310 e. The predicted octanol–water partition coefficient (Wildman–Crippen LogP) is 10.9. The molecule has 0 bridgehead atoms. The first-order valence-corrected chi connectivity index (χ1v) is 24.2. The Morgan fingerprint density at radius 1 is 0.441 bits per heavy atom. The zero-order chi connectivity index (χ0) is 45.4. The fourth-order valence-electron chi connectivity index (χ4n) is 13.7. The van der Waals surface area contributed by atoms with Crippen molar-refractivity contribution in [1.29, 1.82) is 0 Å². The summed E-state index contributed by atoms with van der Waals surface area (Å²) in [5.41, 5.74) is 26.1. The molecule has 0 saturated carbocycles. The van der Waals surface area contributed by atoms with Crippen molar-refractivity contribution in [1.82, 2.24) is 4.57 Å². The van der Waals surface area contributed by atoms with E-state index in [4.69, 9.17) is 0 Å². The Kier molecular flexibility index (Phi) is 7.53. The van der Waals surface area contributed by atoms with Crippen molar-refractivity contribution in [3.8, 4) is 22.5 Å².